The van der Waals surface area contributed by atoms with Crippen molar-refractivity contribution in [3.63, 3.8) is 0 Å². The van der Waals surface area contributed by atoms with Crippen LogP contribution >= 0.6 is 11.6 Å². The van der Waals surface area contributed by atoms with Crippen molar-refractivity contribution in [1.82, 2.24) is 14.5 Å². The Morgan fingerprint density at radius 2 is 2.04 bits per heavy atom. The van der Waals surface area contributed by atoms with Crippen LogP contribution in [0.3, 0.4) is 0 Å². The number of rotatable bonds is 6. The van der Waals surface area contributed by atoms with Crippen LogP contribution in [0.2, 0.25) is 5.02 Å². The van der Waals surface area contributed by atoms with E-state index in [0.717, 1.165) is 22.6 Å². The highest BCUT2D eigenvalue weighted by Crippen LogP contribution is 2.28. The molecule has 1 N–H and O–H groups in total. The number of imidazole rings is 1. The van der Waals surface area contributed by atoms with Gasteiger partial charge in [-0.25, -0.2) is 4.98 Å². The fourth-order valence-electron chi connectivity index (χ4n) is 3.58. The van der Waals surface area contributed by atoms with Crippen molar-refractivity contribution >= 4 is 17.5 Å². The molecule has 1 fully saturated rings. The molecule has 7 heteroatoms. The van der Waals surface area contributed by atoms with Crippen molar-refractivity contribution in [2.75, 3.05) is 19.7 Å². The minimum Gasteiger partial charge on any atom is -0.491 e. The lowest BCUT2D eigenvalue weighted by atomic mass is 9.96. The van der Waals surface area contributed by atoms with Crippen LogP contribution in [0.1, 0.15) is 36.8 Å². The van der Waals surface area contributed by atoms with Gasteiger partial charge in [-0.2, -0.15) is 0 Å². The minimum absolute atomic E-state index is 0.114. The van der Waals surface area contributed by atoms with Crippen LogP contribution in [0, 0.1) is 13.8 Å². The van der Waals surface area contributed by atoms with Gasteiger partial charge in [0.05, 0.1) is 6.33 Å². The number of hydrogen-bond acceptors (Lipinski definition) is 4. The van der Waals surface area contributed by atoms with E-state index in [4.69, 9.17) is 16.3 Å². The molecule has 152 valence electrons. The van der Waals surface area contributed by atoms with Gasteiger partial charge < -0.3 is 19.3 Å². The molecule has 1 amide bonds. The van der Waals surface area contributed by atoms with Gasteiger partial charge in [0, 0.05) is 43.5 Å². The number of amides is 1. The zero-order chi connectivity index (χ0) is 20.1. The van der Waals surface area contributed by atoms with Crippen molar-refractivity contribution in [3.8, 4) is 5.75 Å². The van der Waals surface area contributed by atoms with Gasteiger partial charge in [-0.1, -0.05) is 11.6 Å². The monoisotopic (exact) mass is 405 g/mol. The summed E-state index contributed by atoms with van der Waals surface area (Å²) in [6.07, 6.45) is 7.60. The Morgan fingerprint density at radius 3 is 2.71 bits per heavy atom. The lowest BCUT2D eigenvalue weighted by Gasteiger charge is -2.27. The number of benzene rings is 1. The van der Waals surface area contributed by atoms with Crippen LogP contribution in [0.5, 0.6) is 5.75 Å². The van der Waals surface area contributed by atoms with E-state index in [0.29, 0.717) is 44.6 Å². The molecule has 28 heavy (non-hydrogen) atoms. The van der Waals surface area contributed by atoms with Crippen LogP contribution in [-0.4, -0.2) is 50.8 Å². The van der Waals surface area contributed by atoms with E-state index in [1.165, 1.54) is 0 Å². The Morgan fingerprint density at radius 1 is 1.29 bits per heavy atom. The van der Waals surface area contributed by atoms with Gasteiger partial charge in [0.15, 0.2) is 0 Å². The van der Waals surface area contributed by atoms with Crippen LogP contribution in [0.15, 0.2) is 30.9 Å². The first-order chi connectivity index (χ1) is 13.4. The van der Waals surface area contributed by atoms with E-state index < -0.39 is 5.60 Å². The number of carbonyl (C=O) groups excluding carboxylic acids is 1. The van der Waals surface area contributed by atoms with Gasteiger partial charge in [0.1, 0.15) is 18.0 Å². The van der Waals surface area contributed by atoms with Crippen molar-refractivity contribution in [1.29, 1.82) is 0 Å². The number of hydrogen-bond donors (Lipinski definition) is 1. The zero-order valence-corrected chi connectivity index (χ0v) is 17.3. The van der Waals surface area contributed by atoms with E-state index >= 15 is 0 Å². The number of aromatic nitrogens is 2. The second kappa shape index (κ2) is 8.97. The van der Waals surface area contributed by atoms with Crippen molar-refractivity contribution in [3.05, 3.63) is 47.0 Å². The van der Waals surface area contributed by atoms with Gasteiger partial charge >= 0.3 is 0 Å². The summed E-state index contributed by atoms with van der Waals surface area (Å²) in [6, 6.07) is 3.78. The van der Waals surface area contributed by atoms with Crippen molar-refractivity contribution in [2.24, 2.45) is 0 Å². The molecule has 0 spiro atoms. The van der Waals surface area contributed by atoms with E-state index in [-0.39, 0.29) is 12.5 Å². The smallest absolute Gasteiger partial charge is 0.224 e. The normalized spacial score (nSPS) is 20.1. The van der Waals surface area contributed by atoms with Crippen LogP contribution < -0.4 is 4.74 Å². The van der Waals surface area contributed by atoms with Crippen LogP contribution in [0.25, 0.3) is 0 Å². The Bertz CT molecular complexity index is 786. The first-order valence-corrected chi connectivity index (χ1v) is 10.1. The Hall–Kier alpha value is -2.05. The molecule has 2 heterocycles. The predicted molar refractivity (Wildman–Crippen MR) is 109 cm³/mol. The average Bonchev–Trinajstić information content (AvgIpc) is 3.11. The topological polar surface area (TPSA) is 67.6 Å². The second-order valence-electron chi connectivity index (χ2n) is 7.67. The van der Waals surface area contributed by atoms with Gasteiger partial charge in [-0.15, -0.1) is 0 Å². The molecule has 0 radical (unpaired) electrons. The second-order valence-corrected chi connectivity index (χ2v) is 8.05. The molecule has 1 atom stereocenters. The molecule has 1 aromatic heterocycles. The molecule has 3 rings (SSSR count). The Kier molecular flexibility index (Phi) is 6.62. The number of halogens is 1. The lowest BCUT2D eigenvalue weighted by molar-refractivity contribution is -0.131. The SMILES string of the molecule is Cc1cc(OCC2(O)CCCN(C(=O)CCn3ccnc3)CC2)cc(C)c1Cl. The number of carbonyl (C=O) groups is 1. The van der Waals surface area contributed by atoms with Gasteiger partial charge in [-0.05, 0) is 56.4 Å². The molecule has 2 aromatic rings. The summed E-state index contributed by atoms with van der Waals surface area (Å²) in [4.78, 5) is 18.4. The molecule has 0 saturated carbocycles. The van der Waals surface area contributed by atoms with E-state index in [2.05, 4.69) is 4.98 Å². The predicted octanol–water partition coefficient (Wildman–Crippen LogP) is 3.37. The summed E-state index contributed by atoms with van der Waals surface area (Å²) in [5.41, 5.74) is 0.985. The highest BCUT2D eigenvalue weighted by molar-refractivity contribution is 6.32. The number of likely N-dealkylation sites (tertiary alicyclic amines) is 1. The van der Waals surface area contributed by atoms with Crippen molar-refractivity contribution in [2.45, 2.75) is 51.7 Å². The molecule has 0 aliphatic carbocycles. The first kappa shape index (κ1) is 20.7. The summed E-state index contributed by atoms with van der Waals surface area (Å²) < 4.78 is 7.79. The Labute approximate surface area is 171 Å². The van der Waals surface area contributed by atoms with Gasteiger partial charge in [-0.3, -0.25) is 4.79 Å². The Balaban J connectivity index is 1.52. The molecule has 1 aromatic carbocycles. The summed E-state index contributed by atoms with van der Waals surface area (Å²) in [6.45, 7) is 5.93. The highest BCUT2D eigenvalue weighted by Gasteiger charge is 2.32. The number of aryl methyl sites for hydroxylation is 3. The number of ether oxygens (including phenoxy) is 1. The summed E-state index contributed by atoms with van der Waals surface area (Å²) >= 11 is 6.20. The molecule has 1 unspecified atom stereocenters. The fraction of sp³-hybridized carbons (Fsp3) is 0.524. The molecule has 6 nitrogen and oxygen atoms in total. The minimum atomic E-state index is -0.930. The summed E-state index contributed by atoms with van der Waals surface area (Å²) in [7, 11) is 0. The maximum absolute atomic E-state index is 12.5. The van der Waals surface area contributed by atoms with E-state index in [1.807, 2.05) is 41.6 Å². The number of nitrogens with zero attached hydrogens (tertiary/aromatic N) is 3. The average molecular weight is 406 g/mol. The molecular weight excluding hydrogens is 378 g/mol. The molecule has 1 aliphatic rings. The third-order valence-corrected chi connectivity index (χ3v) is 5.93. The standard InChI is InChI=1S/C21H28ClN3O3/c1-16-12-18(13-17(2)20(16)22)28-14-21(27)5-3-8-25(10-6-21)19(26)4-9-24-11-7-23-15-24/h7,11-13,15,27H,3-6,8-10,14H2,1-2H3. The molecule has 0 bridgehead atoms. The van der Waals surface area contributed by atoms with Crippen molar-refractivity contribution < 1.29 is 14.6 Å². The maximum Gasteiger partial charge on any atom is 0.224 e. The zero-order valence-electron chi connectivity index (χ0n) is 16.5. The fourth-order valence-corrected chi connectivity index (χ4v) is 3.69. The first-order valence-electron chi connectivity index (χ1n) is 9.72. The summed E-state index contributed by atoms with van der Waals surface area (Å²) in [5, 5.41) is 11.7. The quantitative estimate of drug-likeness (QED) is 0.800. The largest absolute Gasteiger partial charge is 0.491 e. The molecule has 1 aliphatic heterocycles. The summed E-state index contributed by atoms with van der Waals surface area (Å²) in [5.74, 6) is 0.827. The third kappa shape index (κ3) is 5.26. The van der Waals surface area contributed by atoms with E-state index in [1.54, 1.807) is 12.5 Å². The highest BCUT2D eigenvalue weighted by atomic mass is 35.5. The maximum atomic E-state index is 12.5. The molecular formula is C21H28ClN3O3. The van der Waals surface area contributed by atoms with Gasteiger partial charge in [0.2, 0.25) is 5.91 Å². The van der Waals surface area contributed by atoms with Crippen LogP contribution in [-0.2, 0) is 11.3 Å². The van der Waals surface area contributed by atoms with Gasteiger partial charge in [0.25, 0.3) is 0 Å². The van der Waals surface area contributed by atoms with E-state index in [9.17, 15) is 9.90 Å². The van der Waals surface area contributed by atoms with Crippen LogP contribution in [0.4, 0.5) is 0 Å². The number of aliphatic hydroxyl groups is 1. The molecule has 1 saturated heterocycles. The lowest BCUT2D eigenvalue weighted by Crippen LogP contribution is -2.38. The third-order valence-electron chi connectivity index (χ3n) is 5.33.